The van der Waals surface area contributed by atoms with Crippen molar-refractivity contribution in [1.82, 2.24) is 9.88 Å². The van der Waals surface area contributed by atoms with E-state index in [9.17, 15) is 4.79 Å². The van der Waals surface area contributed by atoms with E-state index in [-0.39, 0.29) is 5.91 Å². The molecule has 1 aliphatic rings. The van der Waals surface area contributed by atoms with Crippen LogP contribution in [0, 0.1) is 6.92 Å². The van der Waals surface area contributed by atoms with Gasteiger partial charge in [0.2, 0.25) is 0 Å². The molecule has 1 aromatic heterocycles. The van der Waals surface area contributed by atoms with Crippen LogP contribution in [0.5, 0.6) is 0 Å². The minimum atomic E-state index is 0.0463. The first-order chi connectivity index (χ1) is 13.5. The maximum atomic E-state index is 13.2. The minimum Gasteiger partial charge on any atom is -0.330 e. The number of hydrogen-bond acceptors (Lipinski definition) is 3. The molecule has 3 nitrogen and oxygen atoms in total. The quantitative estimate of drug-likeness (QED) is 0.513. The minimum absolute atomic E-state index is 0.0463. The van der Waals surface area contributed by atoms with Gasteiger partial charge in [-0.15, -0.1) is 11.3 Å². The Bertz CT molecular complexity index is 953. The third-order valence-corrected chi connectivity index (χ3v) is 6.16. The molecule has 0 N–H and O–H groups in total. The van der Waals surface area contributed by atoms with Gasteiger partial charge in [-0.2, -0.15) is 0 Å². The zero-order chi connectivity index (χ0) is 19.7. The monoisotopic (exact) mass is 390 g/mol. The normalized spacial score (nSPS) is 13.7. The van der Waals surface area contributed by atoms with Gasteiger partial charge in [0.25, 0.3) is 5.91 Å². The lowest BCUT2D eigenvalue weighted by molar-refractivity contribution is 0.0725. The van der Waals surface area contributed by atoms with Crippen LogP contribution in [0.4, 0.5) is 0 Å². The first-order valence-electron chi connectivity index (χ1n) is 9.93. The van der Waals surface area contributed by atoms with Crippen LogP contribution in [0.2, 0.25) is 0 Å². The van der Waals surface area contributed by atoms with Crippen LogP contribution in [0.1, 0.15) is 59.8 Å². The summed E-state index contributed by atoms with van der Waals surface area (Å²) in [6, 6.07) is 17.3. The fourth-order valence-corrected chi connectivity index (χ4v) is 4.11. The first kappa shape index (κ1) is 18.9. The highest BCUT2D eigenvalue weighted by Crippen LogP contribution is 2.31. The summed E-state index contributed by atoms with van der Waals surface area (Å²) in [5, 5.41) is 2.80. The van der Waals surface area contributed by atoms with Crippen LogP contribution in [0.15, 0.2) is 53.9 Å². The number of rotatable bonds is 6. The first-order valence-corrected chi connectivity index (χ1v) is 10.8. The van der Waals surface area contributed by atoms with Crippen molar-refractivity contribution in [2.24, 2.45) is 0 Å². The van der Waals surface area contributed by atoms with Crippen LogP contribution in [-0.4, -0.2) is 21.8 Å². The predicted octanol–water partition coefficient (Wildman–Crippen LogP) is 6.05. The molecule has 1 aliphatic carbocycles. The summed E-state index contributed by atoms with van der Waals surface area (Å²) >= 11 is 1.54. The van der Waals surface area contributed by atoms with E-state index >= 15 is 0 Å². The van der Waals surface area contributed by atoms with Crippen molar-refractivity contribution in [2.75, 3.05) is 0 Å². The number of carbonyl (C=O) groups excluding carboxylic acids is 1. The summed E-state index contributed by atoms with van der Waals surface area (Å²) in [5.41, 5.74) is 5.36. The Hall–Kier alpha value is -2.46. The van der Waals surface area contributed by atoms with E-state index in [1.807, 2.05) is 10.3 Å². The number of nitrogens with zero attached hydrogens (tertiary/aromatic N) is 2. The molecule has 0 radical (unpaired) electrons. The molecule has 144 valence electrons. The van der Waals surface area contributed by atoms with Gasteiger partial charge < -0.3 is 4.90 Å². The molecular formula is C24H26N2OS. The zero-order valence-electron chi connectivity index (χ0n) is 16.7. The average molecular weight is 391 g/mol. The maximum absolute atomic E-state index is 13.2. The summed E-state index contributed by atoms with van der Waals surface area (Å²) in [7, 11) is 0. The largest absolute Gasteiger partial charge is 0.330 e. The Morgan fingerprint density at radius 2 is 1.79 bits per heavy atom. The fourth-order valence-electron chi connectivity index (χ4n) is 3.31. The molecule has 1 amide bonds. The summed E-state index contributed by atoms with van der Waals surface area (Å²) in [6.45, 7) is 7.12. The summed E-state index contributed by atoms with van der Waals surface area (Å²) < 4.78 is 0. The second-order valence-corrected chi connectivity index (χ2v) is 8.82. The number of thiazole rings is 1. The van der Waals surface area contributed by atoms with Crippen LogP contribution < -0.4 is 0 Å². The van der Waals surface area contributed by atoms with Crippen molar-refractivity contribution >= 4 is 17.2 Å². The molecule has 0 unspecified atom stereocenters. The third kappa shape index (κ3) is 4.17. The van der Waals surface area contributed by atoms with Crippen LogP contribution in [0.3, 0.4) is 0 Å². The highest BCUT2D eigenvalue weighted by molar-refractivity contribution is 7.13. The highest BCUT2D eigenvalue weighted by atomic mass is 32.1. The Morgan fingerprint density at radius 3 is 2.39 bits per heavy atom. The lowest BCUT2D eigenvalue weighted by Crippen LogP contribution is -2.32. The van der Waals surface area contributed by atoms with E-state index in [1.54, 1.807) is 0 Å². The average Bonchev–Trinajstić information content (AvgIpc) is 3.42. The number of aromatic nitrogens is 1. The molecular weight excluding hydrogens is 364 g/mol. The second-order valence-electron chi connectivity index (χ2n) is 7.96. The van der Waals surface area contributed by atoms with Gasteiger partial charge in [-0.05, 0) is 36.8 Å². The molecule has 0 atom stereocenters. The summed E-state index contributed by atoms with van der Waals surface area (Å²) in [6.07, 6.45) is 2.18. The van der Waals surface area contributed by atoms with E-state index in [1.165, 1.54) is 28.0 Å². The third-order valence-electron chi connectivity index (χ3n) is 5.27. The van der Waals surface area contributed by atoms with E-state index in [0.717, 1.165) is 23.4 Å². The van der Waals surface area contributed by atoms with E-state index in [4.69, 9.17) is 0 Å². The van der Waals surface area contributed by atoms with Crippen LogP contribution in [-0.2, 0) is 6.54 Å². The molecule has 0 saturated heterocycles. The molecule has 0 aliphatic heterocycles. The molecule has 1 fully saturated rings. The van der Waals surface area contributed by atoms with E-state index in [2.05, 4.69) is 74.3 Å². The van der Waals surface area contributed by atoms with Gasteiger partial charge in [0.1, 0.15) is 10.7 Å². The van der Waals surface area contributed by atoms with Gasteiger partial charge in [0.15, 0.2) is 0 Å². The summed E-state index contributed by atoms with van der Waals surface area (Å²) in [5.74, 6) is 0.565. The Kier molecular flexibility index (Phi) is 5.31. The zero-order valence-corrected chi connectivity index (χ0v) is 17.5. The molecule has 3 aromatic rings. The van der Waals surface area contributed by atoms with Crippen molar-refractivity contribution in [3.8, 4) is 10.6 Å². The van der Waals surface area contributed by atoms with Gasteiger partial charge in [0.05, 0.1) is 0 Å². The van der Waals surface area contributed by atoms with Gasteiger partial charge in [-0.25, -0.2) is 4.98 Å². The topological polar surface area (TPSA) is 33.2 Å². The summed E-state index contributed by atoms with van der Waals surface area (Å²) in [4.78, 5) is 19.8. The van der Waals surface area contributed by atoms with Gasteiger partial charge in [0, 0.05) is 23.5 Å². The molecule has 2 aromatic carbocycles. The fraction of sp³-hybridized carbons (Fsp3) is 0.333. The molecule has 28 heavy (non-hydrogen) atoms. The predicted molar refractivity (Wildman–Crippen MR) is 116 cm³/mol. The van der Waals surface area contributed by atoms with Gasteiger partial charge in [-0.3, -0.25) is 4.79 Å². The highest BCUT2D eigenvalue weighted by Gasteiger charge is 2.34. The van der Waals surface area contributed by atoms with Crippen molar-refractivity contribution in [2.45, 2.75) is 52.1 Å². The van der Waals surface area contributed by atoms with Crippen molar-refractivity contribution in [3.63, 3.8) is 0 Å². The number of amides is 1. The standard InChI is InChI=1S/C24H26N2OS/c1-16(2)19-10-6-18(7-11-19)14-26(21-12-13-21)24(27)22-15-28-23(25-22)20-8-4-17(3)5-9-20/h4-11,15-16,21H,12-14H2,1-3H3. The molecule has 0 spiro atoms. The lowest BCUT2D eigenvalue weighted by atomic mass is 10.0. The molecule has 1 saturated carbocycles. The van der Waals surface area contributed by atoms with E-state index < -0.39 is 0 Å². The Morgan fingerprint density at radius 1 is 1.11 bits per heavy atom. The number of carbonyl (C=O) groups is 1. The van der Waals surface area contributed by atoms with Crippen molar-refractivity contribution in [1.29, 1.82) is 0 Å². The van der Waals surface area contributed by atoms with Crippen molar-refractivity contribution in [3.05, 3.63) is 76.3 Å². The number of benzene rings is 2. The van der Waals surface area contributed by atoms with Crippen LogP contribution in [0.25, 0.3) is 10.6 Å². The van der Waals surface area contributed by atoms with E-state index in [0.29, 0.717) is 24.2 Å². The van der Waals surface area contributed by atoms with Gasteiger partial charge in [-0.1, -0.05) is 67.9 Å². The lowest BCUT2D eigenvalue weighted by Gasteiger charge is -2.22. The molecule has 1 heterocycles. The number of aryl methyl sites for hydroxylation is 1. The molecule has 0 bridgehead atoms. The molecule has 4 rings (SSSR count). The smallest absolute Gasteiger partial charge is 0.273 e. The van der Waals surface area contributed by atoms with Crippen LogP contribution >= 0.6 is 11.3 Å². The van der Waals surface area contributed by atoms with Gasteiger partial charge >= 0.3 is 0 Å². The van der Waals surface area contributed by atoms with Crippen molar-refractivity contribution < 1.29 is 4.79 Å². The Balaban J connectivity index is 1.52. The Labute approximate surface area is 171 Å². The SMILES string of the molecule is Cc1ccc(-c2nc(C(=O)N(Cc3ccc(C(C)C)cc3)C3CC3)cs2)cc1. The maximum Gasteiger partial charge on any atom is 0.273 e. The molecule has 4 heteroatoms. The number of hydrogen-bond donors (Lipinski definition) is 0. The second kappa shape index (κ2) is 7.88.